The smallest absolute Gasteiger partial charge is 0.316 e. The maximum absolute atomic E-state index is 5.69. The van der Waals surface area contributed by atoms with E-state index in [1.165, 1.54) is 0 Å². The van der Waals surface area contributed by atoms with E-state index in [9.17, 15) is 0 Å². The van der Waals surface area contributed by atoms with Gasteiger partial charge in [0, 0.05) is 18.8 Å². The van der Waals surface area contributed by atoms with E-state index in [1.54, 1.807) is 18.5 Å². The molecular formula is C11H16N2O3. The van der Waals surface area contributed by atoms with E-state index < -0.39 is 5.79 Å². The molecule has 0 aliphatic carbocycles. The van der Waals surface area contributed by atoms with Crippen molar-refractivity contribution < 1.29 is 14.2 Å². The molecule has 0 bridgehead atoms. The van der Waals surface area contributed by atoms with Gasteiger partial charge in [0.2, 0.25) is 0 Å². The Labute approximate surface area is 94.8 Å². The molecule has 1 aromatic rings. The fourth-order valence-electron chi connectivity index (χ4n) is 1.58. The van der Waals surface area contributed by atoms with Crippen LogP contribution >= 0.6 is 0 Å². The molecule has 0 spiro atoms. The second-order valence-corrected chi connectivity index (χ2v) is 4.12. The molecule has 16 heavy (non-hydrogen) atoms. The lowest BCUT2D eigenvalue weighted by molar-refractivity contribution is -0.276. The summed E-state index contributed by atoms with van der Waals surface area (Å²) in [7, 11) is 0. The van der Waals surface area contributed by atoms with Crippen molar-refractivity contribution in [1.29, 1.82) is 0 Å². The predicted octanol–water partition coefficient (Wildman–Crippen LogP) is 1.40. The van der Waals surface area contributed by atoms with Gasteiger partial charge in [0.15, 0.2) is 5.79 Å². The van der Waals surface area contributed by atoms with E-state index in [0.717, 1.165) is 6.42 Å². The molecule has 0 N–H and O–H groups in total. The number of hydrogen-bond donors (Lipinski definition) is 0. The topological polar surface area (TPSA) is 53.5 Å². The van der Waals surface area contributed by atoms with Gasteiger partial charge < -0.3 is 14.2 Å². The van der Waals surface area contributed by atoms with Gasteiger partial charge in [-0.1, -0.05) is 0 Å². The summed E-state index contributed by atoms with van der Waals surface area (Å²) in [5.74, 6) is -0.524. The summed E-state index contributed by atoms with van der Waals surface area (Å²) < 4.78 is 16.6. The minimum atomic E-state index is -0.524. The molecule has 88 valence electrons. The third-order valence-electron chi connectivity index (χ3n) is 2.28. The van der Waals surface area contributed by atoms with E-state index in [4.69, 9.17) is 14.2 Å². The number of nitrogens with zero attached hydrogens (tertiary/aromatic N) is 2. The van der Waals surface area contributed by atoms with Crippen LogP contribution in [0, 0.1) is 0 Å². The van der Waals surface area contributed by atoms with Gasteiger partial charge in [-0.3, -0.25) is 0 Å². The highest BCUT2D eigenvalue weighted by Gasteiger charge is 2.29. The molecule has 2 rings (SSSR count). The molecule has 5 heteroatoms. The van der Waals surface area contributed by atoms with E-state index in [2.05, 4.69) is 9.97 Å². The second-order valence-electron chi connectivity index (χ2n) is 4.12. The van der Waals surface area contributed by atoms with Crippen molar-refractivity contribution >= 4 is 0 Å². The number of ether oxygens (including phenoxy) is 3. The molecule has 2 heterocycles. The maximum Gasteiger partial charge on any atom is 0.316 e. The first-order chi connectivity index (χ1) is 7.66. The molecule has 0 amide bonds. The van der Waals surface area contributed by atoms with E-state index in [0.29, 0.717) is 19.2 Å². The zero-order chi connectivity index (χ0) is 11.4. The fraction of sp³-hybridized carbons (Fsp3) is 0.636. The van der Waals surface area contributed by atoms with Crippen molar-refractivity contribution in [2.45, 2.75) is 32.2 Å². The van der Waals surface area contributed by atoms with Crippen LogP contribution in [0.4, 0.5) is 0 Å². The van der Waals surface area contributed by atoms with Gasteiger partial charge >= 0.3 is 6.01 Å². The van der Waals surface area contributed by atoms with Crippen LogP contribution in [-0.4, -0.2) is 35.1 Å². The van der Waals surface area contributed by atoms with Gasteiger partial charge in [0.05, 0.1) is 12.7 Å². The maximum atomic E-state index is 5.69. The Hall–Kier alpha value is -1.20. The average molecular weight is 224 g/mol. The molecule has 1 aromatic heterocycles. The molecule has 5 nitrogen and oxygen atoms in total. The third kappa shape index (κ3) is 3.15. The Morgan fingerprint density at radius 2 is 2.19 bits per heavy atom. The van der Waals surface area contributed by atoms with Crippen LogP contribution in [0.3, 0.4) is 0 Å². The van der Waals surface area contributed by atoms with Crippen LogP contribution in [0.1, 0.15) is 20.3 Å². The number of aromatic nitrogens is 2. The summed E-state index contributed by atoms with van der Waals surface area (Å²) in [5.41, 5.74) is 0. The molecule has 0 aromatic carbocycles. The summed E-state index contributed by atoms with van der Waals surface area (Å²) >= 11 is 0. The van der Waals surface area contributed by atoms with Gasteiger partial charge in [-0.2, -0.15) is 0 Å². The van der Waals surface area contributed by atoms with Gasteiger partial charge in [-0.05, 0) is 19.9 Å². The molecule has 1 aliphatic rings. The summed E-state index contributed by atoms with van der Waals surface area (Å²) in [6.45, 7) is 4.95. The summed E-state index contributed by atoms with van der Waals surface area (Å²) in [5, 5.41) is 0. The quantitative estimate of drug-likeness (QED) is 0.776. The standard InChI is InChI=1S/C11H16N2O3/c1-11(2)15-7-4-9(16-11)8-14-10-12-5-3-6-13-10/h3,5-6,9H,4,7-8H2,1-2H3. The minimum absolute atomic E-state index is 0.0348. The first-order valence-corrected chi connectivity index (χ1v) is 5.37. The zero-order valence-electron chi connectivity index (χ0n) is 9.55. The molecule has 1 atom stereocenters. The molecule has 0 saturated carbocycles. The molecular weight excluding hydrogens is 208 g/mol. The van der Waals surface area contributed by atoms with Crippen molar-refractivity contribution in [2.75, 3.05) is 13.2 Å². The highest BCUT2D eigenvalue weighted by Crippen LogP contribution is 2.22. The molecule has 1 saturated heterocycles. The minimum Gasteiger partial charge on any atom is -0.461 e. The molecule has 0 radical (unpaired) electrons. The Kier molecular flexibility index (Phi) is 3.36. The number of hydrogen-bond acceptors (Lipinski definition) is 5. The lowest BCUT2D eigenvalue weighted by Crippen LogP contribution is -2.42. The van der Waals surface area contributed by atoms with Crippen LogP contribution in [0.25, 0.3) is 0 Å². The third-order valence-corrected chi connectivity index (χ3v) is 2.28. The van der Waals surface area contributed by atoms with Gasteiger partial charge in [0.25, 0.3) is 0 Å². The lowest BCUT2D eigenvalue weighted by Gasteiger charge is -2.35. The summed E-state index contributed by atoms with van der Waals surface area (Å²) in [4.78, 5) is 7.96. The van der Waals surface area contributed by atoms with Crippen molar-refractivity contribution in [2.24, 2.45) is 0 Å². The highest BCUT2D eigenvalue weighted by atomic mass is 16.7. The van der Waals surface area contributed by atoms with Crippen LogP contribution in [-0.2, 0) is 9.47 Å². The van der Waals surface area contributed by atoms with E-state index >= 15 is 0 Å². The van der Waals surface area contributed by atoms with Crippen LogP contribution in [0.5, 0.6) is 6.01 Å². The largest absolute Gasteiger partial charge is 0.461 e. The Bertz CT molecular complexity index is 329. The van der Waals surface area contributed by atoms with Crippen molar-refractivity contribution in [3.63, 3.8) is 0 Å². The molecule has 1 unspecified atom stereocenters. The summed E-state index contributed by atoms with van der Waals surface area (Å²) in [6, 6.07) is 2.14. The summed E-state index contributed by atoms with van der Waals surface area (Å²) in [6.07, 6.45) is 4.16. The number of rotatable bonds is 3. The van der Waals surface area contributed by atoms with Crippen LogP contribution in [0.15, 0.2) is 18.5 Å². The normalized spacial score (nSPS) is 24.0. The highest BCUT2D eigenvalue weighted by molar-refractivity contribution is 4.93. The predicted molar refractivity (Wildman–Crippen MR) is 57.0 cm³/mol. The zero-order valence-corrected chi connectivity index (χ0v) is 9.55. The van der Waals surface area contributed by atoms with Gasteiger partial charge in [-0.15, -0.1) is 0 Å². The first-order valence-electron chi connectivity index (χ1n) is 5.37. The monoisotopic (exact) mass is 224 g/mol. The van der Waals surface area contributed by atoms with Crippen molar-refractivity contribution in [3.05, 3.63) is 18.5 Å². The van der Waals surface area contributed by atoms with Gasteiger partial charge in [-0.25, -0.2) is 9.97 Å². The van der Waals surface area contributed by atoms with E-state index in [1.807, 2.05) is 13.8 Å². The van der Waals surface area contributed by atoms with Crippen LogP contribution in [0.2, 0.25) is 0 Å². The van der Waals surface area contributed by atoms with Crippen molar-refractivity contribution in [1.82, 2.24) is 9.97 Å². The second kappa shape index (κ2) is 4.76. The Morgan fingerprint density at radius 1 is 1.44 bits per heavy atom. The lowest BCUT2D eigenvalue weighted by atomic mass is 10.2. The molecule has 1 fully saturated rings. The Morgan fingerprint density at radius 3 is 2.88 bits per heavy atom. The Balaban J connectivity index is 1.82. The molecule has 1 aliphatic heterocycles. The van der Waals surface area contributed by atoms with Crippen molar-refractivity contribution in [3.8, 4) is 6.01 Å². The van der Waals surface area contributed by atoms with E-state index in [-0.39, 0.29) is 6.10 Å². The van der Waals surface area contributed by atoms with Gasteiger partial charge in [0.1, 0.15) is 6.61 Å². The van der Waals surface area contributed by atoms with Crippen LogP contribution < -0.4 is 4.74 Å². The fourth-order valence-corrected chi connectivity index (χ4v) is 1.58. The SMILES string of the molecule is CC1(C)OCCC(COc2ncccn2)O1. The average Bonchev–Trinajstić information content (AvgIpc) is 2.27. The first kappa shape index (κ1) is 11.3.